The highest BCUT2D eigenvalue weighted by Gasteiger charge is 2.14. The highest BCUT2D eigenvalue weighted by atomic mass is 127. The van der Waals surface area contributed by atoms with Crippen LogP contribution < -0.4 is 10.1 Å². The van der Waals surface area contributed by atoms with Gasteiger partial charge in [0.15, 0.2) is 0 Å². The number of rotatable bonds is 4. The molecule has 1 atom stereocenters. The molecule has 0 fully saturated rings. The zero-order valence-corrected chi connectivity index (χ0v) is 13.6. The Labute approximate surface area is 128 Å². The van der Waals surface area contributed by atoms with Crippen molar-refractivity contribution in [3.8, 4) is 5.75 Å². The fourth-order valence-corrected chi connectivity index (χ4v) is 2.85. The summed E-state index contributed by atoms with van der Waals surface area (Å²) in [5, 5.41) is 3.40. The van der Waals surface area contributed by atoms with Crippen LogP contribution in [0.4, 0.5) is 0 Å². The first-order valence-electron chi connectivity index (χ1n) is 6.23. The zero-order chi connectivity index (χ0) is 13.8. The molecule has 2 rings (SSSR count). The van der Waals surface area contributed by atoms with Crippen molar-refractivity contribution in [2.45, 2.75) is 13.0 Å². The van der Waals surface area contributed by atoms with Gasteiger partial charge >= 0.3 is 0 Å². The van der Waals surface area contributed by atoms with Gasteiger partial charge in [-0.1, -0.05) is 18.2 Å². The minimum atomic E-state index is 0.209. The predicted octanol–water partition coefficient (Wildman–Crippen LogP) is 3.92. The van der Waals surface area contributed by atoms with E-state index in [4.69, 9.17) is 4.74 Å². The Bertz CT molecular complexity index is 568. The molecule has 100 valence electrons. The molecular weight excluding hydrogens is 349 g/mol. The molecule has 0 spiro atoms. The van der Waals surface area contributed by atoms with Gasteiger partial charge in [-0.25, -0.2) is 0 Å². The average molecular weight is 367 g/mol. The third kappa shape index (κ3) is 3.28. The van der Waals surface area contributed by atoms with E-state index in [1.807, 2.05) is 13.1 Å². The van der Waals surface area contributed by atoms with Crippen LogP contribution in [0.5, 0.6) is 5.75 Å². The number of methoxy groups -OCH3 is 1. The summed E-state index contributed by atoms with van der Waals surface area (Å²) >= 11 is 2.35. The van der Waals surface area contributed by atoms with Crippen molar-refractivity contribution >= 4 is 22.6 Å². The molecule has 2 aromatic carbocycles. The molecule has 0 aliphatic carbocycles. The van der Waals surface area contributed by atoms with Gasteiger partial charge in [0.1, 0.15) is 5.75 Å². The predicted molar refractivity (Wildman–Crippen MR) is 87.8 cm³/mol. The fourth-order valence-electron chi connectivity index (χ4n) is 2.29. The Morgan fingerprint density at radius 3 is 2.53 bits per heavy atom. The molecule has 0 amide bonds. The van der Waals surface area contributed by atoms with Gasteiger partial charge in [-0.2, -0.15) is 0 Å². The number of hydrogen-bond acceptors (Lipinski definition) is 2. The second-order valence-corrected chi connectivity index (χ2v) is 5.74. The second kappa shape index (κ2) is 6.39. The van der Waals surface area contributed by atoms with Crippen molar-refractivity contribution in [2.75, 3.05) is 14.2 Å². The van der Waals surface area contributed by atoms with Gasteiger partial charge in [0.2, 0.25) is 0 Å². The van der Waals surface area contributed by atoms with Crippen LogP contribution in [0.2, 0.25) is 0 Å². The van der Waals surface area contributed by atoms with Gasteiger partial charge in [-0.3, -0.25) is 0 Å². The van der Waals surface area contributed by atoms with Gasteiger partial charge in [0.05, 0.1) is 13.2 Å². The molecular formula is C16H18INO. The highest BCUT2D eigenvalue weighted by molar-refractivity contribution is 14.1. The molecule has 0 heterocycles. The van der Waals surface area contributed by atoms with Crippen molar-refractivity contribution < 1.29 is 4.74 Å². The molecule has 1 unspecified atom stereocenters. The molecule has 0 aliphatic heterocycles. The molecule has 0 radical (unpaired) electrons. The van der Waals surface area contributed by atoms with Crippen LogP contribution in [0, 0.1) is 10.5 Å². The number of benzene rings is 2. The summed E-state index contributed by atoms with van der Waals surface area (Å²) < 4.78 is 6.52. The zero-order valence-electron chi connectivity index (χ0n) is 11.4. The van der Waals surface area contributed by atoms with Gasteiger partial charge in [-0.05, 0) is 77.5 Å². The van der Waals surface area contributed by atoms with Gasteiger partial charge in [-0.15, -0.1) is 0 Å². The monoisotopic (exact) mass is 367 g/mol. The first-order chi connectivity index (χ1) is 9.15. The fraction of sp³-hybridized carbons (Fsp3) is 0.250. The third-order valence-electron chi connectivity index (χ3n) is 3.26. The number of ether oxygens (including phenoxy) is 1. The van der Waals surface area contributed by atoms with E-state index in [9.17, 15) is 0 Å². The Morgan fingerprint density at radius 2 is 1.95 bits per heavy atom. The van der Waals surface area contributed by atoms with Gasteiger partial charge < -0.3 is 10.1 Å². The SMILES string of the molecule is CNC(c1cccc(I)c1)c1ccc(OC)cc1C. The van der Waals surface area contributed by atoms with E-state index in [0.29, 0.717) is 0 Å². The second-order valence-electron chi connectivity index (χ2n) is 4.50. The summed E-state index contributed by atoms with van der Waals surface area (Å²) in [5.41, 5.74) is 3.80. The molecule has 1 N–H and O–H groups in total. The summed E-state index contributed by atoms with van der Waals surface area (Å²) in [5.74, 6) is 0.902. The minimum Gasteiger partial charge on any atom is -0.497 e. The Balaban J connectivity index is 2.42. The van der Waals surface area contributed by atoms with Gasteiger partial charge in [0.25, 0.3) is 0 Å². The van der Waals surface area contributed by atoms with Crippen molar-refractivity contribution in [1.29, 1.82) is 0 Å². The largest absolute Gasteiger partial charge is 0.497 e. The van der Waals surface area contributed by atoms with Crippen molar-refractivity contribution in [3.63, 3.8) is 0 Å². The molecule has 0 saturated carbocycles. The molecule has 0 aliphatic rings. The summed E-state index contributed by atoms with van der Waals surface area (Å²) in [6.45, 7) is 2.12. The maximum atomic E-state index is 5.27. The molecule has 2 nitrogen and oxygen atoms in total. The van der Waals surface area contributed by atoms with Crippen molar-refractivity contribution in [2.24, 2.45) is 0 Å². The molecule has 2 aromatic rings. The van der Waals surface area contributed by atoms with E-state index < -0.39 is 0 Å². The Kier molecular flexibility index (Phi) is 4.82. The summed E-state index contributed by atoms with van der Waals surface area (Å²) in [4.78, 5) is 0. The number of aryl methyl sites for hydroxylation is 1. The van der Waals surface area contributed by atoms with E-state index in [1.165, 1.54) is 20.3 Å². The summed E-state index contributed by atoms with van der Waals surface area (Å²) in [7, 11) is 3.69. The summed E-state index contributed by atoms with van der Waals surface area (Å²) in [6, 6.07) is 15.0. The lowest BCUT2D eigenvalue weighted by Gasteiger charge is -2.20. The van der Waals surface area contributed by atoms with E-state index in [0.717, 1.165) is 5.75 Å². The highest BCUT2D eigenvalue weighted by Crippen LogP contribution is 2.28. The number of hydrogen-bond donors (Lipinski definition) is 1. The van der Waals surface area contributed by atoms with Crippen LogP contribution in [0.25, 0.3) is 0 Å². The van der Waals surface area contributed by atoms with E-state index in [1.54, 1.807) is 7.11 Å². The van der Waals surface area contributed by atoms with Gasteiger partial charge in [0, 0.05) is 3.57 Å². The lowest BCUT2D eigenvalue weighted by Crippen LogP contribution is -2.18. The van der Waals surface area contributed by atoms with Crippen LogP contribution in [0.15, 0.2) is 42.5 Å². The van der Waals surface area contributed by atoms with Crippen LogP contribution in [0.3, 0.4) is 0 Å². The smallest absolute Gasteiger partial charge is 0.119 e. The lowest BCUT2D eigenvalue weighted by atomic mass is 9.95. The molecule has 0 saturated heterocycles. The average Bonchev–Trinajstić information content (AvgIpc) is 2.41. The number of nitrogens with one attached hydrogen (secondary N) is 1. The maximum Gasteiger partial charge on any atom is 0.119 e. The molecule has 0 bridgehead atoms. The molecule has 0 aromatic heterocycles. The minimum absolute atomic E-state index is 0.209. The van der Waals surface area contributed by atoms with E-state index >= 15 is 0 Å². The van der Waals surface area contributed by atoms with Crippen LogP contribution in [0.1, 0.15) is 22.7 Å². The standard InChI is InChI=1S/C16H18INO/c1-11-9-14(19-3)7-8-15(11)16(18-2)12-5-4-6-13(17)10-12/h4-10,16,18H,1-3H3. The Hall–Kier alpha value is -1.07. The van der Waals surface area contributed by atoms with Crippen molar-refractivity contribution in [1.82, 2.24) is 5.32 Å². The maximum absolute atomic E-state index is 5.27. The van der Waals surface area contributed by atoms with E-state index in [-0.39, 0.29) is 6.04 Å². The number of halogens is 1. The van der Waals surface area contributed by atoms with Crippen LogP contribution in [-0.4, -0.2) is 14.2 Å². The lowest BCUT2D eigenvalue weighted by molar-refractivity contribution is 0.414. The normalized spacial score (nSPS) is 12.2. The third-order valence-corrected chi connectivity index (χ3v) is 3.93. The Morgan fingerprint density at radius 1 is 1.16 bits per heavy atom. The molecule has 3 heteroatoms. The van der Waals surface area contributed by atoms with Crippen LogP contribution >= 0.6 is 22.6 Å². The van der Waals surface area contributed by atoms with Crippen molar-refractivity contribution in [3.05, 3.63) is 62.7 Å². The van der Waals surface area contributed by atoms with Crippen LogP contribution in [-0.2, 0) is 0 Å². The first kappa shape index (κ1) is 14.3. The topological polar surface area (TPSA) is 21.3 Å². The van der Waals surface area contributed by atoms with E-state index in [2.05, 4.69) is 71.2 Å². The first-order valence-corrected chi connectivity index (χ1v) is 7.31. The summed E-state index contributed by atoms with van der Waals surface area (Å²) in [6.07, 6.45) is 0. The quantitative estimate of drug-likeness (QED) is 0.828. The molecule has 19 heavy (non-hydrogen) atoms.